The molecule has 142 valence electrons. The molecule has 0 unspecified atom stereocenters. The molecular formula is C21H24N2O4. The first kappa shape index (κ1) is 20.0. The van der Waals surface area contributed by atoms with Gasteiger partial charge in [0.25, 0.3) is 11.8 Å². The van der Waals surface area contributed by atoms with Crippen LogP contribution in [0.5, 0.6) is 11.5 Å². The van der Waals surface area contributed by atoms with Crippen molar-refractivity contribution >= 4 is 17.5 Å². The SMILES string of the molecule is C=CCc1ccc(OCC(=O)Nc2ccc(C(=O)N(C)C)cc2)c(OC)c1. The quantitative estimate of drug-likeness (QED) is 0.727. The van der Waals surface area contributed by atoms with E-state index in [-0.39, 0.29) is 18.4 Å². The lowest BCUT2D eigenvalue weighted by Gasteiger charge is -2.13. The molecule has 27 heavy (non-hydrogen) atoms. The van der Waals surface area contributed by atoms with E-state index in [4.69, 9.17) is 9.47 Å². The van der Waals surface area contributed by atoms with E-state index in [0.717, 1.165) is 12.0 Å². The molecule has 2 aromatic carbocycles. The molecule has 2 amide bonds. The van der Waals surface area contributed by atoms with Crippen LogP contribution in [0.3, 0.4) is 0 Å². The van der Waals surface area contributed by atoms with Crippen LogP contribution in [-0.4, -0.2) is 44.5 Å². The van der Waals surface area contributed by atoms with Crippen LogP contribution in [0.25, 0.3) is 0 Å². The Balaban J connectivity index is 1.94. The number of ether oxygens (including phenoxy) is 2. The summed E-state index contributed by atoms with van der Waals surface area (Å²) in [5, 5.41) is 2.73. The summed E-state index contributed by atoms with van der Waals surface area (Å²) in [5.41, 5.74) is 2.19. The Morgan fingerprint density at radius 2 is 1.81 bits per heavy atom. The number of carbonyl (C=O) groups is 2. The molecule has 2 rings (SSSR count). The number of hydrogen-bond donors (Lipinski definition) is 1. The van der Waals surface area contributed by atoms with Crippen molar-refractivity contribution in [2.75, 3.05) is 33.1 Å². The fourth-order valence-corrected chi connectivity index (χ4v) is 2.42. The zero-order valence-electron chi connectivity index (χ0n) is 15.8. The maximum Gasteiger partial charge on any atom is 0.262 e. The van der Waals surface area contributed by atoms with Crippen LogP contribution in [0.15, 0.2) is 55.1 Å². The third kappa shape index (κ3) is 5.60. The van der Waals surface area contributed by atoms with Crippen molar-refractivity contribution in [1.29, 1.82) is 0 Å². The van der Waals surface area contributed by atoms with Crippen LogP contribution < -0.4 is 14.8 Å². The molecule has 0 bridgehead atoms. The second-order valence-electron chi connectivity index (χ2n) is 6.09. The van der Waals surface area contributed by atoms with Gasteiger partial charge in [0.1, 0.15) is 0 Å². The van der Waals surface area contributed by atoms with Gasteiger partial charge in [-0.25, -0.2) is 0 Å². The first-order chi connectivity index (χ1) is 12.9. The Bertz CT molecular complexity index is 813. The van der Waals surface area contributed by atoms with Gasteiger partial charge in [-0.2, -0.15) is 0 Å². The average molecular weight is 368 g/mol. The summed E-state index contributed by atoms with van der Waals surface area (Å²) < 4.78 is 10.9. The Labute approximate surface area is 159 Å². The molecule has 0 atom stereocenters. The van der Waals surface area contributed by atoms with Gasteiger partial charge in [0.05, 0.1) is 7.11 Å². The topological polar surface area (TPSA) is 67.9 Å². The van der Waals surface area contributed by atoms with Crippen LogP contribution in [0, 0.1) is 0 Å². The van der Waals surface area contributed by atoms with Gasteiger partial charge in [-0.15, -0.1) is 6.58 Å². The van der Waals surface area contributed by atoms with Crippen LogP contribution >= 0.6 is 0 Å². The molecule has 0 aliphatic heterocycles. The zero-order chi connectivity index (χ0) is 19.8. The predicted octanol–water partition coefficient (Wildman–Crippen LogP) is 3.14. The molecule has 0 aliphatic carbocycles. The highest BCUT2D eigenvalue weighted by atomic mass is 16.5. The fraction of sp³-hybridized carbons (Fsp3) is 0.238. The third-order valence-electron chi connectivity index (χ3n) is 3.79. The summed E-state index contributed by atoms with van der Waals surface area (Å²) >= 11 is 0. The van der Waals surface area contributed by atoms with E-state index in [1.165, 1.54) is 4.90 Å². The summed E-state index contributed by atoms with van der Waals surface area (Å²) in [7, 11) is 4.93. The van der Waals surface area contributed by atoms with Crippen molar-refractivity contribution in [3.05, 3.63) is 66.2 Å². The molecule has 0 aliphatic rings. The lowest BCUT2D eigenvalue weighted by atomic mass is 10.1. The van der Waals surface area contributed by atoms with E-state index in [9.17, 15) is 9.59 Å². The number of rotatable bonds is 8. The monoisotopic (exact) mass is 368 g/mol. The van der Waals surface area contributed by atoms with Crippen molar-refractivity contribution in [1.82, 2.24) is 4.90 Å². The first-order valence-electron chi connectivity index (χ1n) is 8.46. The second kappa shape index (κ2) is 9.43. The largest absolute Gasteiger partial charge is 0.493 e. The minimum Gasteiger partial charge on any atom is -0.493 e. The Morgan fingerprint density at radius 3 is 2.41 bits per heavy atom. The summed E-state index contributed by atoms with van der Waals surface area (Å²) in [6, 6.07) is 12.2. The van der Waals surface area contributed by atoms with E-state index < -0.39 is 0 Å². The number of nitrogens with zero attached hydrogens (tertiary/aromatic N) is 1. The van der Waals surface area contributed by atoms with E-state index in [2.05, 4.69) is 11.9 Å². The number of benzene rings is 2. The van der Waals surface area contributed by atoms with Crippen LogP contribution in [0.4, 0.5) is 5.69 Å². The standard InChI is InChI=1S/C21H24N2O4/c1-5-6-15-7-12-18(19(13-15)26-4)27-14-20(24)22-17-10-8-16(9-11-17)21(25)23(2)3/h5,7-13H,1,6,14H2,2-4H3,(H,22,24). The highest BCUT2D eigenvalue weighted by Crippen LogP contribution is 2.28. The maximum absolute atomic E-state index is 12.1. The van der Waals surface area contributed by atoms with Gasteiger partial charge in [0.2, 0.25) is 0 Å². The lowest BCUT2D eigenvalue weighted by molar-refractivity contribution is -0.118. The molecule has 0 aromatic heterocycles. The number of methoxy groups -OCH3 is 1. The molecule has 0 saturated heterocycles. The van der Waals surface area contributed by atoms with Gasteiger partial charge in [0, 0.05) is 25.3 Å². The minimum absolute atomic E-state index is 0.0943. The van der Waals surface area contributed by atoms with Crippen LogP contribution in [0.2, 0.25) is 0 Å². The van der Waals surface area contributed by atoms with E-state index >= 15 is 0 Å². The van der Waals surface area contributed by atoms with Crippen LogP contribution in [0.1, 0.15) is 15.9 Å². The van der Waals surface area contributed by atoms with Crippen LogP contribution in [-0.2, 0) is 11.2 Å². The zero-order valence-corrected chi connectivity index (χ0v) is 15.8. The van der Waals surface area contributed by atoms with Gasteiger partial charge in [-0.1, -0.05) is 12.1 Å². The fourth-order valence-electron chi connectivity index (χ4n) is 2.42. The van der Waals surface area contributed by atoms with Crippen molar-refractivity contribution in [2.24, 2.45) is 0 Å². The Kier molecular flexibility index (Phi) is 7.00. The van der Waals surface area contributed by atoms with Gasteiger partial charge in [-0.05, 0) is 48.4 Å². The molecule has 6 nitrogen and oxygen atoms in total. The molecular weight excluding hydrogens is 344 g/mol. The van der Waals surface area contributed by atoms with E-state index in [1.54, 1.807) is 57.6 Å². The molecule has 6 heteroatoms. The molecule has 0 heterocycles. The highest BCUT2D eigenvalue weighted by molar-refractivity contribution is 5.95. The number of anilines is 1. The van der Waals surface area contributed by atoms with Gasteiger partial charge >= 0.3 is 0 Å². The number of carbonyl (C=O) groups excluding carboxylic acids is 2. The highest BCUT2D eigenvalue weighted by Gasteiger charge is 2.10. The summed E-state index contributed by atoms with van der Waals surface area (Å²) in [6.45, 7) is 3.55. The minimum atomic E-state index is -0.307. The molecule has 0 spiro atoms. The average Bonchev–Trinajstić information content (AvgIpc) is 2.67. The summed E-state index contributed by atoms with van der Waals surface area (Å²) in [6.07, 6.45) is 2.53. The van der Waals surface area contributed by atoms with Crippen molar-refractivity contribution in [3.63, 3.8) is 0 Å². The number of allylic oxidation sites excluding steroid dienone is 1. The molecule has 0 saturated carbocycles. The second-order valence-corrected chi connectivity index (χ2v) is 6.09. The normalized spacial score (nSPS) is 10.0. The smallest absolute Gasteiger partial charge is 0.262 e. The molecule has 1 N–H and O–H groups in total. The number of amides is 2. The van der Waals surface area contributed by atoms with Gasteiger partial charge in [-0.3, -0.25) is 9.59 Å². The van der Waals surface area contributed by atoms with Gasteiger partial charge in [0.15, 0.2) is 18.1 Å². The number of hydrogen-bond acceptors (Lipinski definition) is 4. The third-order valence-corrected chi connectivity index (χ3v) is 3.79. The Morgan fingerprint density at radius 1 is 1.11 bits per heavy atom. The van der Waals surface area contributed by atoms with E-state index in [1.807, 2.05) is 12.1 Å². The van der Waals surface area contributed by atoms with Crippen molar-refractivity contribution in [2.45, 2.75) is 6.42 Å². The molecule has 0 fully saturated rings. The lowest BCUT2D eigenvalue weighted by Crippen LogP contribution is -2.22. The summed E-state index contributed by atoms with van der Waals surface area (Å²) in [4.78, 5) is 25.5. The maximum atomic E-state index is 12.1. The Hall–Kier alpha value is -3.28. The summed E-state index contributed by atoms with van der Waals surface area (Å²) in [5.74, 6) is 0.656. The molecule has 2 aromatic rings. The molecule has 0 radical (unpaired) electrons. The van der Waals surface area contributed by atoms with Crippen molar-refractivity contribution in [3.8, 4) is 11.5 Å². The van der Waals surface area contributed by atoms with Gasteiger partial charge < -0.3 is 19.7 Å². The van der Waals surface area contributed by atoms with E-state index in [0.29, 0.717) is 22.7 Å². The number of nitrogens with one attached hydrogen (secondary N) is 1. The predicted molar refractivity (Wildman–Crippen MR) is 105 cm³/mol. The first-order valence-corrected chi connectivity index (χ1v) is 8.46. The van der Waals surface area contributed by atoms with Crippen molar-refractivity contribution < 1.29 is 19.1 Å².